The van der Waals surface area contributed by atoms with Crippen LogP contribution in [0, 0.1) is 19.8 Å². The van der Waals surface area contributed by atoms with Gasteiger partial charge in [-0.1, -0.05) is 35.4 Å². The molecular weight excluding hydrogens is 343 g/mol. The third-order valence-electron chi connectivity index (χ3n) is 4.44. The van der Waals surface area contributed by atoms with Crippen molar-refractivity contribution in [1.82, 2.24) is 0 Å². The lowest BCUT2D eigenvalue weighted by molar-refractivity contribution is -0.137. The molecule has 0 bridgehead atoms. The molecule has 0 aliphatic carbocycles. The van der Waals surface area contributed by atoms with Crippen molar-refractivity contribution in [3.63, 3.8) is 0 Å². The number of nitrogens with zero attached hydrogens (tertiary/aromatic N) is 1. The summed E-state index contributed by atoms with van der Waals surface area (Å²) in [6, 6.07) is 10.2. The van der Waals surface area contributed by atoms with Crippen LogP contribution in [-0.2, 0) is 22.2 Å². The van der Waals surface area contributed by atoms with Crippen LogP contribution in [0.1, 0.15) is 28.7 Å². The highest BCUT2D eigenvalue weighted by atomic mass is 19.4. The van der Waals surface area contributed by atoms with E-state index in [-0.39, 0.29) is 12.1 Å². The van der Waals surface area contributed by atoms with E-state index in [0.717, 1.165) is 33.7 Å². The van der Waals surface area contributed by atoms with Gasteiger partial charge in [-0.25, -0.2) is 0 Å². The molecule has 0 aromatic heterocycles. The Morgan fingerprint density at radius 1 is 1.04 bits per heavy atom. The van der Waals surface area contributed by atoms with Gasteiger partial charge in [-0.2, -0.15) is 13.2 Å². The van der Waals surface area contributed by atoms with Crippen LogP contribution in [0.25, 0.3) is 0 Å². The number of hydrogen-bond acceptors (Lipinski definition) is 2. The molecule has 2 aromatic rings. The van der Waals surface area contributed by atoms with Crippen LogP contribution in [0.3, 0.4) is 0 Å². The highest BCUT2D eigenvalue weighted by Crippen LogP contribution is 2.34. The fraction of sp³-hybridized carbons (Fsp3) is 0.300. The van der Waals surface area contributed by atoms with Crippen molar-refractivity contribution in [2.75, 3.05) is 4.90 Å². The van der Waals surface area contributed by atoms with Gasteiger partial charge in [0.15, 0.2) is 0 Å². The normalized spacial score (nSPS) is 17.9. The summed E-state index contributed by atoms with van der Waals surface area (Å²) in [5.74, 6) is -1.48. The zero-order valence-electron chi connectivity index (χ0n) is 14.4. The molecular formula is C20H18F3NO2. The summed E-state index contributed by atoms with van der Waals surface area (Å²) in [4.78, 5) is 25.9. The van der Waals surface area contributed by atoms with Crippen molar-refractivity contribution in [1.29, 1.82) is 0 Å². The van der Waals surface area contributed by atoms with E-state index >= 15 is 0 Å². The minimum atomic E-state index is -4.53. The van der Waals surface area contributed by atoms with Gasteiger partial charge in [0, 0.05) is 6.42 Å². The molecule has 26 heavy (non-hydrogen) atoms. The number of halogens is 3. The molecule has 0 saturated carbocycles. The first-order valence-corrected chi connectivity index (χ1v) is 8.26. The molecule has 6 heteroatoms. The standard InChI is InChI=1S/C20H18F3NO2/c1-12-6-13(2)8-14(7-12)9-15-10-18(25)24(19(15)26)17-5-3-4-16(11-17)20(21,22)23/h3-8,11,15H,9-10H2,1-2H3. The van der Waals surface area contributed by atoms with E-state index in [1.807, 2.05) is 32.0 Å². The number of hydrogen-bond donors (Lipinski definition) is 0. The van der Waals surface area contributed by atoms with Crippen molar-refractivity contribution >= 4 is 17.5 Å². The molecule has 136 valence electrons. The van der Waals surface area contributed by atoms with Gasteiger partial charge in [0.05, 0.1) is 17.2 Å². The molecule has 2 aromatic carbocycles. The van der Waals surface area contributed by atoms with Gasteiger partial charge in [-0.05, 0) is 44.0 Å². The van der Waals surface area contributed by atoms with Crippen molar-refractivity contribution in [2.45, 2.75) is 32.9 Å². The highest BCUT2D eigenvalue weighted by molar-refractivity contribution is 6.21. The number of benzene rings is 2. The summed E-state index contributed by atoms with van der Waals surface area (Å²) in [6.45, 7) is 3.90. The summed E-state index contributed by atoms with van der Waals surface area (Å²) in [7, 11) is 0. The zero-order valence-corrected chi connectivity index (χ0v) is 14.4. The Morgan fingerprint density at radius 3 is 2.31 bits per heavy atom. The SMILES string of the molecule is Cc1cc(C)cc(CC2CC(=O)N(c3cccc(C(F)(F)F)c3)C2=O)c1. The number of carbonyl (C=O) groups excluding carboxylic acids is 2. The molecule has 0 N–H and O–H groups in total. The number of amides is 2. The van der Waals surface area contributed by atoms with E-state index in [1.165, 1.54) is 12.1 Å². The lowest BCUT2D eigenvalue weighted by Gasteiger charge is -2.17. The molecule has 1 atom stereocenters. The molecule has 1 aliphatic rings. The van der Waals surface area contributed by atoms with Crippen molar-refractivity contribution in [3.05, 3.63) is 64.7 Å². The number of alkyl halides is 3. The van der Waals surface area contributed by atoms with E-state index in [9.17, 15) is 22.8 Å². The maximum absolute atomic E-state index is 12.9. The first-order chi connectivity index (χ1) is 12.1. The van der Waals surface area contributed by atoms with Gasteiger partial charge in [0.1, 0.15) is 0 Å². The van der Waals surface area contributed by atoms with Crippen LogP contribution < -0.4 is 4.90 Å². The Hall–Kier alpha value is -2.63. The second kappa shape index (κ2) is 6.59. The van der Waals surface area contributed by atoms with Gasteiger partial charge in [0.25, 0.3) is 0 Å². The van der Waals surface area contributed by atoms with E-state index in [2.05, 4.69) is 0 Å². The second-order valence-electron chi connectivity index (χ2n) is 6.72. The molecule has 1 saturated heterocycles. The Morgan fingerprint density at radius 2 is 1.69 bits per heavy atom. The summed E-state index contributed by atoms with van der Waals surface area (Å²) in [5, 5.41) is 0. The molecule has 0 radical (unpaired) electrons. The third-order valence-corrected chi connectivity index (χ3v) is 4.44. The fourth-order valence-corrected chi connectivity index (χ4v) is 3.42. The van der Waals surface area contributed by atoms with Gasteiger partial charge in [-0.15, -0.1) is 0 Å². The van der Waals surface area contributed by atoms with E-state index in [4.69, 9.17) is 0 Å². The highest BCUT2D eigenvalue weighted by Gasteiger charge is 2.40. The smallest absolute Gasteiger partial charge is 0.274 e. The third kappa shape index (κ3) is 3.64. The quantitative estimate of drug-likeness (QED) is 0.758. The Balaban J connectivity index is 1.85. The molecule has 1 fully saturated rings. The second-order valence-corrected chi connectivity index (χ2v) is 6.72. The van der Waals surface area contributed by atoms with E-state index in [1.54, 1.807) is 0 Å². The monoisotopic (exact) mass is 361 g/mol. The molecule has 2 amide bonds. The summed E-state index contributed by atoms with van der Waals surface area (Å²) >= 11 is 0. The summed E-state index contributed by atoms with van der Waals surface area (Å²) in [6.07, 6.45) is -4.13. The van der Waals surface area contributed by atoms with Crippen LogP contribution in [-0.4, -0.2) is 11.8 Å². The lowest BCUT2D eigenvalue weighted by Crippen LogP contribution is -2.31. The fourth-order valence-electron chi connectivity index (χ4n) is 3.42. The number of imide groups is 1. The zero-order chi connectivity index (χ0) is 19.1. The van der Waals surface area contributed by atoms with Crippen molar-refractivity contribution < 1.29 is 22.8 Å². The van der Waals surface area contributed by atoms with Crippen molar-refractivity contribution in [3.8, 4) is 0 Å². The van der Waals surface area contributed by atoms with E-state index < -0.39 is 29.5 Å². The molecule has 1 heterocycles. The van der Waals surface area contributed by atoms with Crippen LogP contribution in [0.4, 0.5) is 18.9 Å². The minimum absolute atomic E-state index is 0.00205. The molecule has 3 rings (SSSR count). The van der Waals surface area contributed by atoms with Gasteiger partial charge in [-0.3, -0.25) is 14.5 Å². The lowest BCUT2D eigenvalue weighted by atomic mass is 9.95. The Labute approximate surface area is 149 Å². The predicted octanol–water partition coefficient (Wildman–Crippen LogP) is 4.44. The maximum atomic E-state index is 12.9. The summed E-state index contributed by atoms with van der Waals surface area (Å²) in [5.41, 5.74) is 2.16. The molecule has 1 unspecified atom stereocenters. The minimum Gasteiger partial charge on any atom is -0.274 e. The molecule has 0 spiro atoms. The number of rotatable bonds is 3. The number of anilines is 1. The average Bonchev–Trinajstić information content (AvgIpc) is 2.79. The van der Waals surface area contributed by atoms with E-state index in [0.29, 0.717) is 6.42 Å². The molecule has 3 nitrogen and oxygen atoms in total. The topological polar surface area (TPSA) is 37.4 Å². The average molecular weight is 361 g/mol. The predicted molar refractivity (Wildman–Crippen MR) is 91.7 cm³/mol. The summed E-state index contributed by atoms with van der Waals surface area (Å²) < 4.78 is 38.7. The van der Waals surface area contributed by atoms with Gasteiger partial charge in [0.2, 0.25) is 11.8 Å². The van der Waals surface area contributed by atoms with Gasteiger partial charge >= 0.3 is 6.18 Å². The van der Waals surface area contributed by atoms with Crippen LogP contribution in [0.2, 0.25) is 0 Å². The van der Waals surface area contributed by atoms with Crippen LogP contribution in [0.15, 0.2) is 42.5 Å². The Bertz CT molecular complexity index is 853. The first-order valence-electron chi connectivity index (χ1n) is 8.26. The number of aryl methyl sites for hydroxylation is 2. The first kappa shape index (κ1) is 18.2. The van der Waals surface area contributed by atoms with Crippen LogP contribution >= 0.6 is 0 Å². The molecule has 1 aliphatic heterocycles. The van der Waals surface area contributed by atoms with Crippen LogP contribution in [0.5, 0.6) is 0 Å². The Kier molecular flexibility index (Phi) is 4.61. The van der Waals surface area contributed by atoms with Crippen molar-refractivity contribution in [2.24, 2.45) is 5.92 Å². The largest absolute Gasteiger partial charge is 0.416 e. The van der Waals surface area contributed by atoms with Gasteiger partial charge < -0.3 is 0 Å². The maximum Gasteiger partial charge on any atom is 0.416 e. The number of carbonyl (C=O) groups is 2.